The first-order valence-corrected chi connectivity index (χ1v) is 8.83. The zero-order valence-electron chi connectivity index (χ0n) is 12.5. The van der Waals surface area contributed by atoms with E-state index in [1.807, 2.05) is 6.07 Å². The third kappa shape index (κ3) is 2.43. The highest BCUT2D eigenvalue weighted by molar-refractivity contribution is 9.13. The predicted octanol–water partition coefficient (Wildman–Crippen LogP) is 3.55. The molecule has 22 heavy (non-hydrogen) atoms. The summed E-state index contributed by atoms with van der Waals surface area (Å²) in [6.07, 6.45) is 0.972. The van der Waals surface area contributed by atoms with Gasteiger partial charge in [-0.15, -0.1) is 0 Å². The molecule has 1 aliphatic rings. The lowest BCUT2D eigenvalue weighted by atomic mass is 10.2. The number of fused-ring (bicyclic) bond motifs is 1. The van der Waals surface area contributed by atoms with Gasteiger partial charge < -0.3 is 15.2 Å². The van der Waals surface area contributed by atoms with Crippen molar-refractivity contribution >= 4 is 48.8 Å². The van der Waals surface area contributed by atoms with Gasteiger partial charge >= 0.3 is 0 Å². The van der Waals surface area contributed by atoms with Crippen LogP contribution in [0.2, 0.25) is 0 Å². The molecule has 2 aromatic rings. The van der Waals surface area contributed by atoms with E-state index in [4.69, 9.17) is 10.7 Å². The Morgan fingerprint density at radius 3 is 2.73 bits per heavy atom. The van der Waals surface area contributed by atoms with E-state index in [2.05, 4.69) is 61.2 Å². The summed E-state index contributed by atoms with van der Waals surface area (Å²) in [6.45, 7) is 5.97. The number of halogens is 2. The van der Waals surface area contributed by atoms with E-state index in [9.17, 15) is 5.26 Å². The Kier molecular flexibility index (Phi) is 4.19. The molecule has 1 atom stereocenters. The molecule has 7 heteroatoms. The lowest BCUT2D eigenvalue weighted by Gasteiger charge is -2.21. The van der Waals surface area contributed by atoms with E-state index in [1.165, 1.54) is 0 Å². The second-order valence-electron chi connectivity index (χ2n) is 5.90. The molecule has 5 nitrogen and oxygen atoms in total. The lowest BCUT2D eigenvalue weighted by molar-refractivity contribution is 0.608. The van der Waals surface area contributed by atoms with Crippen LogP contribution in [0.15, 0.2) is 15.0 Å². The van der Waals surface area contributed by atoms with Gasteiger partial charge in [-0.05, 0) is 58.2 Å². The van der Waals surface area contributed by atoms with Crippen LogP contribution in [-0.2, 0) is 0 Å². The van der Waals surface area contributed by atoms with Crippen molar-refractivity contribution in [1.29, 1.82) is 5.26 Å². The van der Waals surface area contributed by atoms with Gasteiger partial charge in [-0.3, -0.25) is 0 Å². The SMILES string of the molecule is CC(C)n1c(N2CC[C@@H](N)C2)nc2c(C#N)c(Br)c(Br)cc21. The van der Waals surface area contributed by atoms with Crippen LogP contribution in [0.5, 0.6) is 0 Å². The zero-order valence-corrected chi connectivity index (χ0v) is 15.6. The van der Waals surface area contributed by atoms with Crippen molar-refractivity contribution in [3.8, 4) is 6.07 Å². The highest BCUT2D eigenvalue weighted by Crippen LogP contribution is 2.37. The number of benzene rings is 1. The molecule has 116 valence electrons. The quantitative estimate of drug-likeness (QED) is 0.796. The van der Waals surface area contributed by atoms with Crippen molar-refractivity contribution in [3.63, 3.8) is 0 Å². The van der Waals surface area contributed by atoms with Crippen molar-refractivity contribution in [2.75, 3.05) is 18.0 Å². The number of nitrogens with two attached hydrogens (primary N) is 1. The number of nitriles is 1. The van der Waals surface area contributed by atoms with Crippen LogP contribution in [0.25, 0.3) is 11.0 Å². The Hall–Kier alpha value is -1.10. The van der Waals surface area contributed by atoms with Crippen LogP contribution in [0.4, 0.5) is 5.95 Å². The number of anilines is 1. The zero-order chi connectivity index (χ0) is 16.0. The largest absolute Gasteiger partial charge is 0.341 e. The second kappa shape index (κ2) is 5.84. The second-order valence-corrected chi connectivity index (χ2v) is 7.54. The van der Waals surface area contributed by atoms with Crippen molar-refractivity contribution < 1.29 is 0 Å². The molecule has 0 spiro atoms. The third-order valence-electron chi connectivity index (χ3n) is 3.99. The van der Waals surface area contributed by atoms with Gasteiger partial charge in [-0.2, -0.15) is 5.26 Å². The van der Waals surface area contributed by atoms with E-state index in [-0.39, 0.29) is 12.1 Å². The molecular formula is C15H17Br2N5. The maximum Gasteiger partial charge on any atom is 0.206 e. The summed E-state index contributed by atoms with van der Waals surface area (Å²) in [4.78, 5) is 7.00. The van der Waals surface area contributed by atoms with E-state index in [0.717, 1.165) is 45.4 Å². The normalized spacial score (nSPS) is 18.4. The molecule has 0 bridgehead atoms. The van der Waals surface area contributed by atoms with Crippen molar-refractivity contribution in [2.45, 2.75) is 32.4 Å². The molecule has 1 aliphatic heterocycles. The molecule has 1 fully saturated rings. The summed E-state index contributed by atoms with van der Waals surface area (Å²) < 4.78 is 3.80. The molecule has 0 saturated carbocycles. The molecule has 1 aromatic heterocycles. The predicted molar refractivity (Wildman–Crippen MR) is 95.0 cm³/mol. The number of rotatable bonds is 2. The van der Waals surface area contributed by atoms with Crippen LogP contribution < -0.4 is 10.6 Å². The molecule has 2 heterocycles. The van der Waals surface area contributed by atoms with Crippen molar-refractivity contribution in [1.82, 2.24) is 9.55 Å². The van der Waals surface area contributed by atoms with Gasteiger partial charge in [0, 0.05) is 29.6 Å². The fraction of sp³-hybridized carbons (Fsp3) is 0.467. The van der Waals surface area contributed by atoms with Crippen LogP contribution in [0, 0.1) is 11.3 Å². The first-order chi connectivity index (χ1) is 10.4. The van der Waals surface area contributed by atoms with Crippen molar-refractivity contribution in [3.05, 3.63) is 20.6 Å². The highest BCUT2D eigenvalue weighted by atomic mass is 79.9. The average molecular weight is 427 g/mol. The Balaban J connectivity index is 2.29. The van der Waals surface area contributed by atoms with E-state index in [0.29, 0.717) is 5.56 Å². The number of hydrogen-bond acceptors (Lipinski definition) is 4. The monoisotopic (exact) mass is 425 g/mol. The summed E-state index contributed by atoms with van der Waals surface area (Å²) >= 11 is 6.99. The maximum absolute atomic E-state index is 9.50. The highest BCUT2D eigenvalue weighted by Gasteiger charge is 2.27. The summed E-state index contributed by atoms with van der Waals surface area (Å²) in [5.74, 6) is 0.902. The van der Waals surface area contributed by atoms with Gasteiger partial charge in [-0.1, -0.05) is 0 Å². The first-order valence-electron chi connectivity index (χ1n) is 7.24. The fourth-order valence-electron chi connectivity index (χ4n) is 2.96. The molecule has 2 N–H and O–H groups in total. The maximum atomic E-state index is 9.50. The van der Waals surface area contributed by atoms with Gasteiger partial charge in [0.1, 0.15) is 11.6 Å². The van der Waals surface area contributed by atoms with Gasteiger partial charge in [0.2, 0.25) is 5.95 Å². The fourth-order valence-corrected chi connectivity index (χ4v) is 3.77. The Bertz CT molecular complexity index is 775. The lowest BCUT2D eigenvalue weighted by Crippen LogP contribution is -2.28. The Labute approximate surface area is 146 Å². The van der Waals surface area contributed by atoms with E-state index in [1.54, 1.807) is 0 Å². The molecule has 0 aliphatic carbocycles. The van der Waals surface area contributed by atoms with E-state index < -0.39 is 0 Å². The van der Waals surface area contributed by atoms with Crippen molar-refractivity contribution in [2.24, 2.45) is 5.73 Å². The molecule has 0 amide bonds. The van der Waals surface area contributed by atoms with Gasteiger partial charge in [0.15, 0.2) is 0 Å². The number of imidazole rings is 1. The van der Waals surface area contributed by atoms with Gasteiger partial charge in [-0.25, -0.2) is 4.98 Å². The minimum absolute atomic E-state index is 0.189. The summed E-state index contributed by atoms with van der Waals surface area (Å²) in [6, 6.07) is 4.72. The van der Waals surface area contributed by atoms with Crippen LogP contribution in [0.1, 0.15) is 31.9 Å². The summed E-state index contributed by atoms with van der Waals surface area (Å²) in [5.41, 5.74) is 8.31. The van der Waals surface area contributed by atoms with Crippen LogP contribution in [-0.4, -0.2) is 28.7 Å². The minimum atomic E-state index is 0.189. The van der Waals surface area contributed by atoms with Crippen LogP contribution in [0.3, 0.4) is 0 Å². The molecular weight excluding hydrogens is 410 g/mol. The van der Waals surface area contributed by atoms with E-state index >= 15 is 0 Å². The summed E-state index contributed by atoms with van der Waals surface area (Å²) in [7, 11) is 0. The first kappa shape index (κ1) is 15.8. The number of aromatic nitrogens is 2. The molecule has 3 rings (SSSR count). The number of hydrogen-bond donors (Lipinski definition) is 1. The summed E-state index contributed by atoms with van der Waals surface area (Å²) in [5, 5.41) is 9.50. The van der Waals surface area contributed by atoms with Crippen LogP contribution >= 0.6 is 31.9 Å². The Morgan fingerprint density at radius 2 is 2.18 bits per heavy atom. The van der Waals surface area contributed by atoms with Gasteiger partial charge in [0.25, 0.3) is 0 Å². The average Bonchev–Trinajstić information content (AvgIpc) is 3.03. The molecule has 0 radical (unpaired) electrons. The number of nitrogens with zero attached hydrogens (tertiary/aromatic N) is 4. The molecule has 1 aromatic carbocycles. The minimum Gasteiger partial charge on any atom is -0.341 e. The third-order valence-corrected chi connectivity index (χ3v) is 5.98. The standard InChI is InChI=1S/C15H17Br2N5/c1-8(2)22-12-5-11(16)13(17)10(6-18)14(12)20-15(22)21-4-3-9(19)7-21/h5,8-9H,3-4,7,19H2,1-2H3/t9-/m1/s1. The topological polar surface area (TPSA) is 70.9 Å². The molecule has 1 saturated heterocycles. The molecule has 0 unspecified atom stereocenters. The van der Waals surface area contributed by atoms with Gasteiger partial charge in [0.05, 0.1) is 15.6 Å². The Morgan fingerprint density at radius 1 is 1.45 bits per heavy atom. The smallest absolute Gasteiger partial charge is 0.206 e.